The standard InChI is InChI=1S/C22H22O2S3/c1-24-21-13-11-19(12-14-21)16-27(23)17-20-9-5-6-10-22(20)26-25-15-18-7-3-2-4-8-18/h2-14H,15-17H2,1H3. The highest BCUT2D eigenvalue weighted by Crippen LogP contribution is 2.36. The fourth-order valence-corrected chi connectivity index (χ4v) is 6.28. The van der Waals surface area contributed by atoms with Gasteiger partial charge in [0.05, 0.1) is 7.11 Å². The molecule has 0 heterocycles. The first kappa shape index (κ1) is 20.1. The Morgan fingerprint density at radius 2 is 1.52 bits per heavy atom. The molecule has 3 aromatic rings. The van der Waals surface area contributed by atoms with Crippen molar-refractivity contribution in [2.24, 2.45) is 0 Å². The molecule has 0 aromatic heterocycles. The van der Waals surface area contributed by atoms with Gasteiger partial charge in [0.2, 0.25) is 0 Å². The van der Waals surface area contributed by atoms with Gasteiger partial charge in [-0.1, -0.05) is 82.3 Å². The summed E-state index contributed by atoms with van der Waals surface area (Å²) >= 11 is 0. The van der Waals surface area contributed by atoms with Crippen molar-refractivity contribution in [3.8, 4) is 5.75 Å². The Morgan fingerprint density at radius 1 is 0.815 bits per heavy atom. The maximum atomic E-state index is 12.6. The van der Waals surface area contributed by atoms with Gasteiger partial charge in [0.15, 0.2) is 0 Å². The topological polar surface area (TPSA) is 26.3 Å². The lowest BCUT2D eigenvalue weighted by molar-refractivity contribution is 0.414. The summed E-state index contributed by atoms with van der Waals surface area (Å²) < 4.78 is 17.8. The Balaban J connectivity index is 1.56. The first-order valence-corrected chi connectivity index (χ1v) is 12.4. The van der Waals surface area contributed by atoms with Crippen LogP contribution in [0.4, 0.5) is 0 Å². The van der Waals surface area contributed by atoms with Gasteiger partial charge in [0, 0.05) is 33.0 Å². The Bertz CT molecular complexity index is 864. The van der Waals surface area contributed by atoms with E-state index in [1.807, 2.05) is 53.3 Å². The monoisotopic (exact) mass is 414 g/mol. The number of hydrogen-bond acceptors (Lipinski definition) is 4. The third-order valence-electron chi connectivity index (χ3n) is 3.99. The third-order valence-corrected chi connectivity index (χ3v) is 7.67. The van der Waals surface area contributed by atoms with Crippen molar-refractivity contribution in [2.75, 3.05) is 7.11 Å². The molecule has 140 valence electrons. The second kappa shape index (κ2) is 10.6. The zero-order valence-electron chi connectivity index (χ0n) is 15.2. The second-order valence-electron chi connectivity index (χ2n) is 6.02. The van der Waals surface area contributed by atoms with Gasteiger partial charge in [-0.3, -0.25) is 4.21 Å². The molecule has 3 aromatic carbocycles. The summed E-state index contributed by atoms with van der Waals surface area (Å²) in [7, 11) is 4.28. The van der Waals surface area contributed by atoms with Gasteiger partial charge >= 0.3 is 0 Å². The molecule has 27 heavy (non-hydrogen) atoms. The number of benzene rings is 3. The molecule has 1 unspecified atom stereocenters. The van der Waals surface area contributed by atoms with E-state index in [2.05, 4.69) is 36.4 Å². The molecule has 0 bridgehead atoms. The van der Waals surface area contributed by atoms with Crippen LogP contribution in [0.1, 0.15) is 16.7 Å². The molecule has 5 heteroatoms. The zero-order chi connectivity index (χ0) is 18.9. The van der Waals surface area contributed by atoms with Gasteiger partial charge in [0.1, 0.15) is 5.75 Å². The fourth-order valence-electron chi connectivity index (χ4n) is 2.57. The van der Waals surface area contributed by atoms with E-state index in [1.165, 1.54) is 10.5 Å². The minimum Gasteiger partial charge on any atom is -0.497 e. The Kier molecular flexibility index (Phi) is 7.87. The van der Waals surface area contributed by atoms with E-state index in [0.29, 0.717) is 11.5 Å². The molecule has 0 N–H and O–H groups in total. The number of hydrogen-bond donors (Lipinski definition) is 0. The minimum atomic E-state index is -0.946. The largest absolute Gasteiger partial charge is 0.497 e. The van der Waals surface area contributed by atoms with Crippen molar-refractivity contribution in [2.45, 2.75) is 22.2 Å². The van der Waals surface area contributed by atoms with E-state index in [0.717, 1.165) is 22.6 Å². The molecule has 0 radical (unpaired) electrons. The number of rotatable bonds is 9. The second-order valence-corrected chi connectivity index (χ2v) is 9.81. The van der Waals surface area contributed by atoms with Crippen LogP contribution < -0.4 is 4.74 Å². The quantitative estimate of drug-likeness (QED) is 0.396. The van der Waals surface area contributed by atoms with Crippen molar-refractivity contribution in [1.29, 1.82) is 0 Å². The van der Waals surface area contributed by atoms with E-state index in [-0.39, 0.29) is 0 Å². The van der Waals surface area contributed by atoms with Gasteiger partial charge in [-0.15, -0.1) is 0 Å². The van der Waals surface area contributed by atoms with E-state index < -0.39 is 10.8 Å². The maximum absolute atomic E-state index is 12.6. The molecule has 0 saturated carbocycles. The molecule has 2 nitrogen and oxygen atoms in total. The van der Waals surface area contributed by atoms with Crippen molar-refractivity contribution < 1.29 is 8.95 Å². The van der Waals surface area contributed by atoms with E-state index in [9.17, 15) is 4.21 Å². The summed E-state index contributed by atoms with van der Waals surface area (Å²) in [5, 5.41) is 0. The van der Waals surface area contributed by atoms with Crippen molar-refractivity contribution in [1.82, 2.24) is 0 Å². The zero-order valence-corrected chi connectivity index (χ0v) is 17.6. The summed E-state index contributed by atoms with van der Waals surface area (Å²) in [6.07, 6.45) is 0. The Hall–Kier alpha value is -1.69. The lowest BCUT2D eigenvalue weighted by atomic mass is 10.2. The van der Waals surface area contributed by atoms with Gasteiger partial charge < -0.3 is 4.74 Å². The van der Waals surface area contributed by atoms with Crippen LogP contribution in [0.25, 0.3) is 0 Å². The minimum absolute atomic E-state index is 0.556. The summed E-state index contributed by atoms with van der Waals surface area (Å²) in [5.41, 5.74) is 3.53. The van der Waals surface area contributed by atoms with Crippen LogP contribution in [0.2, 0.25) is 0 Å². The highest BCUT2D eigenvalue weighted by molar-refractivity contribution is 8.76. The lowest BCUT2D eigenvalue weighted by Gasteiger charge is -2.09. The van der Waals surface area contributed by atoms with Crippen molar-refractivity contribution >= 4 is 32.4 Å². The Labute approximate surface area is 171 Å². The van der Waals surface area contributed by atoms with Crippen LogP contribution in [-0.2, 0) is 28.1 Å². The van der Waals surface area contributed by atoms with Gasteiger partial charge in [-0.05, 0) is 34.9 Å². The third kappa shape index (κ3) is 6.45. The van der Waals surface area contributed by atoms with Crippen molar-refractivity contribution in [3.05, 3.63) is 95.6 Å². The molecular formula is C22H22O2S3. The highest BCUT2D eigenvalue weighted by atomic mass is 33.1. The van der Waals surface area contributed by atoms with Crippen LogP contribution in [-0.4, -0.2) is 11.3 Å². The summed E-state index contributed by atoms with van der Waals surface area (Å²) in [4.78, 5) is 1.20. The summed E-state index contributed by atoms with van der Waals surface area (Å²) in [6, 6.07) is 26.5. The smallest absolute Gasteiger partial charge is 0.118 e. The first-order chi connectivity index (χ1) is 13.2. The predicted molar refractivity (Wildman–Crippen MR) is 119 cm³/mol. The highest BCUT2D eigenvalue weighted by Gasteiger charge is 2.09. The number of methoxy groups -OCH3 is 1. The van der Waals surface area contributed by atoms with Crippen LogP contribution >= 0.6 is 21.6 Å². The first-order valence-electron chi connectivity index (χ1n) is 8.64. The van der Waals surface area contributed by atoms with E-state index >= 15 is 0 Å². The van der Waals surface area contributed by atoms with Crippen LogP contribution in [0.5, 0.6) is 5.75 Å². The lowest BCUT2D eigenvalue weighted by Crippen LogP contribution is -2.00. The Morgan fingerprint density at radius 3 is 2.26 bits per heavy atom. The van der Waals surface area contributed by atoms with Crippen LogP contribution in [0.15, 0.2) is 83.8 Å². The molecule has 0 saturated heterocycles. The fraction of sp³-hybridized carbons (Fsp3) is 0.182. The summed E-state index contributed by atoms with van der Waals surface area (Å²) in [5.74, 6) is 2.90. The SMILES string of the molecule is COc1ccc(CS(=O)Cc2ccccc2SSCc2ccccc2)cc1. The van der Waals surface area contributed by atoms with Gasteiger partial charge in [-0.25, -0.2) is 0 Å². The average molecular weight is 415 g/mol. The maximum Gasteiger partial charge on any atom is 0.118 e. The molecular weight excluding hydrogens is 392 g/mol. The van der Waals surface area contributed by atoms with Gasteiger partial charge in [-0.2, -0.15) is 0 Å². The van der Waals surface area contributed by atoms with Crippen LogP contribution in [0.3, 0.4) is 0 Å². The van der Waals surface area contributed by atoms with Gasteiger partial charge in [0.25, 0.3) is 0 Å². The molecule has 3 rings (SSSR count). The average Bonchev–Trinajstić information content (AvgIpc) is 2.70. The normalized spacial score (nSPS) is 11.9. The molecule has 0 aliphatic rings. The van der Waals surface area contributed by atoms with Crippen molar-refractivity contribution in [3.63, 3.8) is 0 Å². The van der Waals surface area contributed by atoms with E-state index in [1.54, 1.807) is 17.9 Å². The van der Waals surface area contributed by atoms with Crippen LogP contribution in [0, 0.1) is 0 Å². The summed E-state index contributed by atoms with van der Waals surface area (Å²) in [6.45, 7) is 0. The van der Waals surface area contributed by atoms with E-state index in [4.69, 9.17) is 4.74 Å². The molecule has 1 atom stereocenters. The molecule has 0 aliphatic heterocycles. The number of ether oxygens (including phenoxy) is 1. The molecule has 0 spiro atoms. The molecule has 0 aliphatic carbocycles. The molecule has 0 amide bonds. The molecule has 0 fully saturated rings. The predicted octanol–water partition coefficient (Wildman–Crippen LogP) is 6.08.